The van der Waals surface area contributed by atoms with Crippen molar-refractivity contribution in [2.45, 2.75) is 13.8 Å². The molecule has 0 saturated heterocycles. The predicted molar refractivity (Wildman–Crippen MR) is 96.3 cm³/mol. The van der Waals surface area contributed by atoms with Crippen LogP contribution in [0.4, 0.5) is 5.69 Å². The van der Waals surface area contributed by atoms with Crippen LogP contribution < -0.4 is 5.32 Å². The van der Waals surface area contributed by atoms with E-state index in [0.29, 0.717) is 20.8 Å². The van der Waals surface area contributed by atoms with E-state index in [1.165, 1.54) is 18.2 Å². The topological polar surface area (TPSA) is 55.4 Å². The lowest BCUT2D eigenvalue weighted by atomic mass is 10.1. The molecule has 0 aromatic heterocycles. The zero-order valence-electron chi connectivity index (χ0n) is 13.0. The minimum Gasteiger partial charge on any atom is -0.452 e. The normalized spacial score (nSPS) is 10.4. The van der Waals surface area contributed by atoms with Crippen LogP contribution in [0.5, 0.6) is 0 Å². The number of hydrogen-bond acceptors (Lipinski definition) is 3. The SMILES string of the molecule is Cc1cc(C)c(NC(=O)COC(=O)c2cc(Cl)cc(Cl)c2)c(Cl)c1. The monoisotopic (exact) mass is 385 g/mol. The Balaban J connectivity index is 2.00. The van der Waals surface area contributed by atoms with Crippen LogP contribution in [0.25, 0.3) is 0 Å². The summed E-state index contributed by atoms with van der Waals surface area (Å²) in [6, 6.07) is 7.95. The van der Waals surface area contributed by atoms with E-state index < -0.39 is 18.5 Å². The molecular weight excluding hydrogens is 373 g/mol. The number of halogens is 3. The smallest absolute Gasteiger partial charge is 0.338 e. The first-order valence-electron chi connectivity index (χ1n) is 6.96. The van der Waals surface area contributed by atoms with Crippen molar-refractivity contribution in [3.8, 4) is 0 Å². The van der Waals surface area contributed by atoms with Gasteiger partial charge in [-0.15, -0.1) is 0 Å². The Labute approximate surface area is 154 Å². The first-order chi connectivity index (χ1) is 11.3. The summed E-state index contributed by atoms with van der Waals surface area (Å²) in [5, 5.41) is 3.67. The summed E-state index contributed by atoms with van der Waals surface area (Å²) < 4.78 is 4.96. The standard InChI is InChI=1S/C17H14Cl3NO3/c1-9-3-10(2)16(14(20)4-9)21-15(22)8-24-17(23)11-5-12(18)7-13(19)6-11/h3-7H,8H2,1-2H3,(H,21,22). The van der Waals surface area contributed by atoms with Crippen LogP contribution in [0, 0.1) is 13.8 Å². The van der Waals surface area contributed by atoms with E-state index in [4.69, 9.17) is 39.5 Å². The molecule has 2 aromatic carbocycles. The van der Waals surface area contributed by atoms with Crippen molar-refractivity contribution >= 4 is 52.4 Å². The highest BCUT2D eigenvalue weighted by Gasteiger charge is 2.14. The fourth-order valence-electron chi connectivity index (χ4n) is 2.14. The number of anilines is 1. The molecule has 0 fully saturated rings. The van der Waals surface area contributed by atoms with Crippen molar-refractivity contribution in [2.75, 3.05) is 11.9 Å². The third kappa shape index (κ3) is 4.87. The number of aryl methyl sites for hydroxylation is 2. The Hall–Kier alpha value is -1.75. The molecule has 0 bridgehead atoms. The van der Waals surface area contributed by atoms with E-state index in [9.17, 15) is 9.59 Å². The molecule has 126 valence electrons. The lowest BCUT2D eigenvalue weighted by Crippen LogP contribution is -2.21. The predicted octanol–water partition coefficient (Wildman–Crippen LogP) is 5.06. The Morgan fingerprint density at radius 3 is 2.21 bits per heavy atom. The van der Waals surface area contributed by atoms with Gasteiger partial charge >= 0.3 is 5.97 Å². The molecule has 7 heteroatoms. The summed E-state index contributed by atoms with van der Waals surface area (Å²) >= 11 is 17.8. The van der Waals surface area contributed by atoms with Crippen LogP contribution in [0.3, 0.4) is 0 Å². The maximum absolute atomic E-state index is 12.0. The fourth-order valence-corrected chi connectivity index (χ4v) is 3.03. The molecule has 0 unspecified atom stereocenters. The molecule has 0 atom stereocenters. The largest absolute Gasteiger partial charge is 0.452 e. The summed E-state index contributed by atoms with van der Waals surface area (Å²) in [4.78, 5) is 23.9. The van der Waals surface area contributed by atoms with Gasteiger partial charge in [0.15, 0.2) is 6.61 Å². The van der Waals surface area contributed by atoms with Gasteiger partial charge in [-0.2, -0.15) is 0 Å². The number of nitrogens with one attached hydrogen (secondary N) is 1. The van der Waals surface area contributed by atoms with Gasteiger partial charge in [0, 0.05) is 10.0 Å². The molecule has 1 N–H and O–H groups in total. The molecule has 2 rings (SSSR count). The van der Waals surface area contributed by atoms with E-state index in [1.807, 2.05) is 19.9 Å². The van der Waals surface area contributed by atoms with Crippen LogP contribution in [-0.4, -0.2) is 18.5 Å². The number of hydrogen-bond donors (Lipinski definition) is 1. The number of rotatable bonds is 4. The van der Waals surface area contributed by atoms with Crippen LogP contribution in [-0.2, 0) is 9.53 Å². The van der Waals surface area contributed by atoms with Gasteiger partial charge in [0.1, 0.15) is 0 Å². The van der Waals surface area contributed by atoms with Gasteiger partial charge in [-0.3, -0.25) is 4.79 Å². The first-order valence-corrected chi connectivity index (χ1v) is 8.09. The second-order valence-corrected chi connectivity index (χ2v) is 6.50. The van der Waals surface area contributed by atoms with E-state index in [2.05, 4.69) is 5.32 Å². The van der Waals surface area contributed by atoms with Crippen LogP contribution in [0.1, 0.15) is 21.5 Å². The molecule has 0 heterocycles. The van der Waals surface area contributed by atoms with Gasteiger partial charge in [-0.1, -0.05) is 40.9 Å². The van der Waals surface area contributed by atoms with Crippen molar-refractivity contribution in [1.82, 2.24) is 0 Å². The highest BCUT2D eigenvalue weighted by molar-refractivity contribution is 6.35. The summed E-state index contributed by atoms with van der Waals surface area (Å²) in [6.45, 7) is 3.28. The fraction of sp³-hybridized carbons (Fsp3) is 0.176. The van der Waals surface area contributed by atoms with Crippen molar-refractivity contribution in [3.05, 3.63) is 62.1 Å². The Bertz CT molecular complexity index is 762. The third-order valence-corrected chi connectivity index (χ3v) is 3.86. The Morgan fingerprint density at radius 2 is 1.62 bits per heavy atom. The van der Waals surface area contributed by atoms with Crippen LogP contribution >= 0.6 is 34.8 Å². The Morgan fingerprint density at radius 1 is 1.00 bits per heavy atom. The van der Waals surface area contributed by atoms with Gasteiger partial charge in [-0.25, -0.2) is 4.79 Å². The van der Waals surface area contributed by atoms with Gasteiger partial charge < -0.3 is 10.1 Å². The molecule has 24 heavy (non-hydrogen) atoms. The average molecular weight is 387 g/mol. The number of carbonyl (C=O) groups is 2. The lowest BCUT2D eigenvalue weighted by molar-refractivity contribution is -0.119. The number of esters is 1. The van der Waals surface area contributed by atoms with E-state index in [-0.39, 0.29) is 5.56 Å². The molecule has 2 aromatic rings. The molecule has 4 nitrogen and oxygen atoms in total. The molecular formula is C17H14Cl3NO3. The summed E-state index contributed by atoms with van der Waals surface area (Å²) in [5.41, 5.74) is 2.47. The molecule has 0 spiro atoms. The molecule has 0 aliphatic carbocycles. The summed E-state index contributed by atoms with van der Waals surface area (Å²) in [7, 11) is 0. The first kappa shape index (κ1) is 18.6. The molecule has 0 aliphatic heterocycles. The molecule has 0 radical (unpaired) electrons. The van der Waals surface area contributed by atoms with Gasteiger partial charge in [0.2, 0.25) is 0 Å². The van der Waals surface area contributed by atoms with E-state index in [0.717, 1.165) is 11.1 Å². The summed E-state index contributed by atoms with van der Waals surface area (Å²) in [6.07, 6.45) is 0. The minimum absolute atomic E-state index is 0.171. The Kier molecular flexibility index (Phi) is 6.10. The second kappa shape index (κ2) is 7.88. The van der Waals surface area contributed by atoms with Crippen molar-refractivity contribution in [2.24, 2.45) is 0 Å². The van der Waals surface area contributed by atoms with Crippen LogP contribution in [0.2, 0.25) is 15.1 Å². The maximum Gasteiger partial charge on any atom is 0.338 e. The second-order valence-electron chi connectivity index (χ2n) is 5.22. The van der Waals surface area contributed by atoms with E-state index in [1.54, 1.807) is 6.07 Å². The molecule has 0 saturated carbocycles. The number of carbonyl (C=O) groups excluding carboxylic acids is 2. The quantitative estimate of drug-likeness (QED) is 0.747. The van der Waals surface area contributed by atoms with Crippen molar-refractivity contribution in [3.63, 3.8) is 0 Å². The molecule has 0 aliphatic rings. The zero-order valence-corrected chi connectivity index (χ0v) is 15.2. The highest BCUT2D eigenvalue weighted by atomic mass is 35.5. The van der Waals surface area contributed by atoms with Crippen molar-refractivity contribution < 1.29 is 14.3 Å². The lowest BCUT2D eigenvalue weighted by Gasteiger charge is -2.12. The summed E-state index contributed by atoms with van der Waals surface area (Å²) in [5.74, 6) is -1.19. The number of amides is 1. The average Bonchev–Trinajstić information content (AvgIpc) is 2.47. The molecule has 1 amide bonds. The van der Waals surface area contributed by atoms with Crippen molar-refractivity contribution in [1.29, 1.82) is 0 Å². The van der Waals surface area contributed by atoms with Gasteiger partial charge in [0.25, 0.3) is 5.91 Å². The van der Waals surface area contributed by atoms with Gasteiger partial charge in [0.05, 0.1) is 16.3 Å². The van der Waals surface area contributed by atoms with Crippen LogP contribution in [0.15, 0.2) is 30.3 Å². The maximum atomic E-state index is 12.0. The van der Waals surface area contributed by atoms with Gasteiger partial charge in [-0.05, 0) is 49.2 Å². The van der Waals surface area contributed by atoms with E-state index >= 15 is 0 Å². The third-order valence-electron chi connectivity index (χ3n) is 3.13. The highest BCUT2D eigenvalue weighted by Crippen LogP contribution is 2.27. The number of ether oxygens (including phenoxy) is 1. The zero-order chi connectivity index (χ0) is 17.9. The number of benzene rings is 2. The minimum atomic E-state index is -0.693.